The number of hydrogen-bond acceptors (Lipinski definition) is 8. The number of nitrogens with one attached hydrogen (secondary N) is 3. The highest BCUT2D eigenvalue weighted by Crippen LogP contribution is 2.42. The maximum absolute atomic E-state index is 8.00. The summed E-state index contributed by atoms with van der Waals surface area (Å²) in [4.78, 5) is 19.8. The molecule has 8 nitrogen and oxygen atoms in total. The molecule has 43 heavy (non-hydrogen) atoms. The summed E-state index contributed by atoms with van der Waals surface area (Å²) in [7, 11) is 0. The summed E-state index contributed by atoms with van der Waals surface area (Å²) in [5.41, 5.74) is 5.80. The van der Waals surface area contributed by atoms with Gasteiger partial charge in [-0.2, -0.15) is 4.98 Å². The quantitative estimate of drug-likeness (QED) is 0.263. The van der Waals surface area contributed by atoms with Crippen molar-refractivity contribution in [2.45, 2.75) is 78.7 Å². The Kier molecular flexibility index (Phi) is 14.2. The van der Waals surface area contributed by atoms with Gasteiger partial charge in [0.15, 0.2) is 5.82 Å². The first kappa shape index (κ1) is 34.3. The van der Waals surface area contributed by atoms with Gasteiger partial charge < -0.3 is 30.4 Å². The average molecular weight is 609 g/mol. The smallest absolute Gasteiger partial charge is 0.229 e. The predicted octanol–water partition coefficient (Wildman–Crippen LogP) is 7.66. The van der Waals surface area contributed by atoms with Crippen LogP contribution in [0.5, 0.6) is 5.75 Å². The third kappa shape index (κ3) is 8.68. The Labute approximate surface area is 263 Å². The number of hydrogen-bond donors (Lipinski definition) is 3. The third-order valence-electron chi connectivity index (χ3n) is 8.08. The first-order chi connectivity index (χ1) is 21.2. The van der Waals surface area contributed by atoms with Crippen molar-refractivity contribution in [2.24, 2.45) is 0 Å². The highest BCUT2D eigenvalue weighted by molar-refractivity contribution is 6.32. The number of aromatic nitrogens is 2. The van der Waals surface area contributed by atoms with E-state index in [1.807, 2.05) is 52.7 Å². The standard InChI is InChI=1S/C29H35ClN6O.2C2H6.CH2O/c1-19-4-2-3-5-25(19)33-28-24(30)18-32-29(35-28)34-26-7-6-22(23-12-17-37-27(23)26)20-10-15-36(16-11-20)21-8-13-31-14-9-21;3*1-2/h2-7,18,20-21,31H,8-17H2,1H3,(H2,32,33,34,35);2*1-2H3;1H2. The first-order valence-corrected chi connectivity index (χ1v) is 16.2. The van der Waals surface area contributed by atoms with E-state index in [-0.39, 0.29) is 0 Å². The second kappa shape index (κ2) is 17.8. The fourth-order valence-corrected chi connectivity index (χ4v) is 6.16. The van der Waals surface area contributed by atoms with E-state index in [0.29, 0.717) is 22.7 Å². The highest BCUT2D eigenvalue weighted by atomic mass is 35.5. The Morgan fingerprint density at radius 3 is 2.35 bits per heavy atom. The molecule has 2 aromatic carbocycles. The second-order valence-corrected chi connectivity index (χ2v) is 10.8. The average Bonchev–Trinajstić information content (AvgIpc) is 3.58. The molecule has 0 amide bonds. The third-order valence-corrected chi connectivity index (χ3v) is 8.35. The van der Waals surface area contributed by atoms with Crippen molar-refractivity contribution in [2.75, 3.05) is 43.4 Å². The molecule has 3 aromatic rings. The lowest BCUT2D eigenvalue weighted by Crippen LogP contribution is -2.46. The van der Waals surface area contributed by atoms with Crippen LogP contribution in [0.4, 0.5) is 23.1 Å². The fourth-order valence-electron chi connectivity index (χ4n) is 6.03. The van der Waals surface area contributed by atoms with Gasteiger partial charge in [-0.1, -0.05) is 63.6 Å². The maximum atomic E-state index is 8.00. The van der Waals surface area contributed by atoms with E-state index in [1.165, 1.54) is 49.9 Å². The van der Waals surface area contributed by atoms with Crippen LogP contribution in [0, 0.1) is 6.92 Å². The van der Waals surface area contributed by atoms with Crippen molar-refractivity contribution in [3.05, 3.63) is 64.3 Å². The normalized spacial score (nSPS) is 16.6. The van der Waals surface area contributed by atoms with Gasteiger partial charge in [0.05, 0.1) is 18.5 Å². The van der Waals surface area contributed by atoms with Crippen LogP contribution in [0.3, 0.4) is 0 Å². The number of nitrogens with zero attached hydrogens (tertiary/aromatic N) is 3. The lowest BCUT2D eigenvalue weighted by atomic mass is 9.84. The molecular formula is C34H49ClN6O2. The minimum Gasteiger partial charge on any atom is -0.491 e. The van der Waals surface area contributed by atoms with Gasteiger partial charge in [0, 0.05) is 23.7 Å². The second-order valence-electron chi connectivity index (χ2n) is 10.4. The monoisotopic (exact) mass is 608 g/mol. The first-order valence-electron chi connectivity index (χ1n) is 15.8. The number of halogens is 1. The summed E-state index contributed by atoms with van der Waals surface area (Å²) in [6.07, 6.45) is 7.58. The van der Waals surface area contributed by atoms with E-state index in [2.05, 4.69) is 55.9 Å². The molecule has 0 spiro atoms. The van der Waals surface area contributed by atoms with E-state index in [1.54, 1.807) is 6.20 Å². The van der Waals surface area contributed by atoms with Gasteiger partial charge in [-0.05, 0) is 88.0 Å². The largest absolute Gasteiger partial charge is 0.491 e. The zero-order valence-electron chi connectivity index (χ0n) is 26.5. The summed E-state index contributed by atoms with van der Waals surface area (Å²) in [6, 6.07) is 13.2. The van der Waals surface area contributed by atoms with E-state index in [4.69, 9.17) is 21.1 Å². The lowest BCUT2D eigenvalue weighted by molar-refractivity contribution is -0.0980. The van der Waals surface area contributed by atoms with E-state index < -0.39 is 0 Å². The Morgan fingerprint density at radius 2 is 1.65 bits per heavy atom. The van der Waals surface area contributed by atoms with Gasteiger partial charge in [0.2, 0.25) is 5.95 Å². The Hall–Kier alpha value is -3.20. The Balaban J connectivity index is 0.000000796. The number of rotatable bonds is 6. The number of fused-ring (bicyclic) bond motifs is 1. The summed E-state index contributed by atoms with van der Waals surface area (Å²) < 4.78 is 6.14. The van der Waals surface area contributed by atoms with Crippen molar-refractivity contribution in [1.29, 1.82) is 0 Å². The minimum atomic E-state index is 0.474. The predicted molar refractivity (Wildman–Crippen MR) is 180 cm³/mol. The van der Waals surface area contributed by atoms with Gasteiger partial charge >= 0.3 is 0 Å². The van der Waals surface area contributed by atoms with Gasteiger partial charge in [0.25, 0.3) is 0 Å². The minimum absolute atomic E-state index is 0.474. The molecule has 1 aromatic heterocycles. The summed E-state index contributed by atoms with van der Waals surface area (Å²) >= 11 is 6.42. The summed E-state index contributed by atoms with van der Waals surface area (Å²) in [6.45, 7) is 17.5. The zero-order chi connectivity index (χ0) is 31.2. The molecule has 9 heteroatoms. The van der Waals surface area contributed by atoms with Crippen molar-refractivity contribution in [1.82, 2.24) is 20.2 Å². The fraction of sp³-hybridized carbons (Fsp3) is 0.500. The van der Waals surface area contributed by atoms with Gasteiger partial charge in [-0.3, -0.25) is 0 Å². The molecule has 6 rings (SSSR count). The number of carbonyl (C=O) groups is 1. The molecule has 234 valence electrons. The number of ether oxygens (including phenoxy) is 1. The molecule has 2 saturated heterocycles. The zero-order valence-corrected chi connectivity index (χ0v) is 27.3. The van der Waals surface area contributed by atoms with Crippen LogP contribution in [0.25, 0.3) is 0 Å². The van der Waals surface area contributed by atoms with Crippen LogP contribution in [0.1, 0.15) is 76.0 Å². The molecule has 4 heterocycles. The van der Waals surface area contributed by atoms with Crippen LogP contribution in [0.2, 0.25) is 5.02 Å². The van der Waals surface area contributed by atoms with Crippen LogP contribution >= 0.6 is 11.6 Å². The summed E-state index contributed by atoms with van der Waals surface area (Å²) in [5.74, 6) is 2.61. The Morgan fingerprint density at radius 1 is 0.953 bits per heavy atom. The molecule has 0 atom stereocenters. The molecule has 3 aliphatic rings. The summed E-state index contributed by atoms with van der Waals surface area (Å²) in [5, 5.41) is 10.7. The van der Waals surface area contributed by atoms with Gasteiger partial charge in [-0.25, -0.2) is 4.98 Å². The van der Waals surface area contributed by atoms with E-state index in [0.717, 1.165) is 54.8 Å². The molecule has 2 fully saturated rings. The lowest BCUT2D eigenvalue weighted by Gasteiger charge is -2.40. The van der Waals surface area contributed by atoms with Gasteiger partial charge in [0.1, 0.15) is 17.6 Å². The number of carbonyl (C=O) groups excluding carboxylic acids is 1. The van der Waals surface area contributed by atoms with Crippen LogP contribution in [-0.2, 0) is 11.2 Å². The van der Waals surface area contributed by atoms with Crippen molar-refractivity contribution in [3.63, 3.8) is 0 Å². The number of piperidine rings is 2. The van der Waals surface area contributed by atoms with Crippen molar-refractivity contribution >= 4 is 41.5 Å². The molecular weight excluding hydrogens is 560 g/mol. The Bertz CT molecular complexity index is 1280. The van der Waals surface area contributed by atoms with Crippen molar-refractivity contribution < 1.29 is 9.53 Å². The van der Waals surface area contributed by atoms with Crippen LogP contribution < -0.4 is 20.7 Å². The molecule has 0 saturated carbocycles. The molecule has 3 N–H and O–H groups in total. The number of aryl methyl sites for hydroxylation is 1. The highest BCUT2D eigenvalue weighted by Gasteiger charge is 2.30. The van der Waals surface area contributed by atoms with Crippen LogP contribution in [0.15, 0.2) is 42.6 Å². The molecule has 0 unspecified atom stereocenters. The topological polar surface area (TPSA) is 91.4 Å². The van der Waals surface area contributed by atoms with Crippen molar-refractivity contribution in [3.8, 4) is 5.75 Å². The SMILES string of the molecule is C=O.CC.CC.Cc1ccccc1Nc1nc(Nc2ccc(C3CCN(C4CCNCC4)CC3)c3c2OCC3)ncc1Cl. The van der Waals surface area contributed by atoms with E-state index >= 15 is 0 Å². The molecule has 0 radical (unpaired) electrons. The van der Waals surface area contributed by atoms with E-state index in [9.17, 15) is 0 Å². The van der Waals surface area contributed by atoms with Crippen LogP contribution in [-0.4, -0.2) is 60.5 Å². The molecule has 3 aliphatic heterocycles. The number of para-hydroxylation sites is 1. The number of likely N-dealkylation sites (tertiary alicyclic amines) is 1. The number of benzene rings is 2. The number of anilines is 4. The van der Waals surface area contributed by atoms with Gasteiger partial charge in [-0.15, -0.1) is 0 Å². The molecule has 0 bridgehead atoms. The maximum Gasteiger partial charge on any atom is 0.229 e. The molecule has 0 aliphatic carbocycles.